The fraction of sp³-hybridized carbons (Fsp3) is 0.118. The number of benzene rings is 1. The van der Waals surface area contributed by atoms with Gasteiger partial charge in [-0.15, -0.1) is 0 Å². The van der Waals surface area contributed by atoms with E-state index < -0.39 is 0 Å². The predicted molar refractivity (Wildman–Crippen MR) is 80.8 cm³/mol. The van der Waals surface area contributed by atoms with Gasteiger partial charge in [-0.25, -0.2) is 0 Å². The maximum absolute atomic E-state index is 12.0. The first kappa shape index (κ1) is 12.5. The Morgan fingerprint density at radius 1 is 1.10 bits per heavy atom. The molecule has 0 unspecified atom stereocenters. The summed E-state index contributed by atoms with van der Waals surface area (Å²) in [7, 11) is 0. The van der Waals surface area contributed by atoms with Crippen LogP contribution in [0, 0.1) is 13.8 Å². The zero-order valence-electron chi connectivity index (χ0n) is 11.5. The number of aromatic nitrogens is 1. The molecule has 1 aromatic carbocycles. The Kier molecular flexibility index (Phi) is 3.03. The minimum atomic E-state index is -0.0613. The molecule has 0 bridgehead atoms. The molecule has 3 rings (SSSR count). The molecule has 0 aliphatic carbocycles. The van der Waals surface area contributed by atoms with Crippen molar-refractivity contribution in [2.75, 3.05) is 0 Å². The third kappa shape index (κ3) is 2.43. The van der Waals surface area contributed by atoms with E-state index in [-0.39, 0.29) is 5.91 Å². The zero-order valence-corrected chi connectivity index (χ0v) is 11.5. The van der Waals surface area contributed by atoms with Crippen LogP contribution in [0.25, 0.3) is 11.8 Å². The molecule has 100 valence electrons. The molecule has 1 aliphatic heterocycles. The van der Waals surface area contributed by atoms with Crippen LogP contribution in [0.4, 0.5) is 0 Å². The molecule has 20 heavy (non-hydrogen) atoms. The van der Waals surface area contributed by atoms with Gasteiger partial charge in [0.25, 0.3) is 5.91 Å². The molecule has 2 aromatic rings. The monoisotopic (exact) mass is 264 g/mol. The van der Waals surface area contributed by atoms with E-state index >= 15 is 0 Å². The Morgan fingerprint density at radius 2 is 1.85 bits per heavy atom. The van der Waals surface area contributed by atoms with E-state index in [2.05, 4.69) is 42.3 Å². The van der Waals surface area contributed by atoms with Crippen LogP contribution in [0.15, 0.2) is 48.2 Å². The number of hydrogen-bond donors (Lipinski definition) is 2. The number of rotatable bonds is 2. The predicted octanol–water partition coefficient (Wildman–Crippen LogP) is 3.19. The number of carbonyl (C=O) groups is 1. The summed E-state index contributed by atoms with van der Waals surface area (Å²) in [6.07, 6.45) is 5.59. The van der Waals surface area contributed by atoms with Crippen molar-refractivity contribution < 1.29 is 4.79 Å². The first-order valence-electron chi connectivity index (χ1n) is 6.58. The molecule has 0 atom stereocenters. The van der Waals surface area contributed by atoms with Crippen LogP contribution in [-0.2, 0) is 4.79 Å². The quantitative estimate of drug-likeness (QED) is 0.804. The van der Waals surface area contributed by atoms with E-state index in [1.54, 1.807) is 0 Å². The van der Waals surface area contributed by atoms with Crippen LogP contribution in [0.5, 0.6) is 0 Å². The summed E-state index contributed by atoms with van der Waals surface area (Å²) in [5.74, 6) is -0.0613. The van der Waals surface area contributed by atoms with Crippen LogP contribution in [0.3, 0.4) is 0 Å². The Bertz CT molecular complexity index is 701. The van der Waals surface area contributed by atoms with Gasteiger partial charge in [0.1, 0.15) is 0 Å². The van der Waals surface area contributed by atoms with E-state index in [4.69, 9.17) is 0 Å². The Hall–Kier alpha value is -2.55. The fourth-order valence-electron chi connectivity index (χ4n) is 2.45. The molecule has 1 amide bonds. The fourth-order valence-corrected chi connectivity index (χ4v) is 2.45. The summed E-state index contributed by atoms with van der Waals surface area (Å²) < 4.78 is 0. The highest BCUT2D eigenvalue weighted by molar-refractivity contribution is 6.10. The van der Waals surface area contributed by atoms with Crippen molar-refractivity contribution in [1.82, 2.24) is 10.3 Å². The van der Waals surface area contributed by atoms with Gasteiger partial charge in [0.15, 0.2) is 0 Å². The van der Waals surface area contributed by atoms with Gasteiger partial charge >= 0.3 is 0 Å². The SMILES string of the molecule is Cc1cc(C)cc(C2=CC(=Cc3ccc[nH]3)C(=O)N2)c1. The minimum Gasteiger partial charge on any atom is -0.362 e. The van der Waals surface area contributed by atoms with E-state index in [1.165, 1.54) is 11.1 Å². The number of carbonyl (C=O) groups excluding carboxylic acids is 1. The number of amides is 1. The highest BCUT2D eigenvalue weighted by atomic mass is 16.1. The van der Waals surface area contributed by atoms with Gasteiger partial charge in [0.2, 0.25) is 0 Å². The third-order valence-corrected chi connectivity index (χ3v) is 3.28. The van der Waals surface area contributed by atoms with Crippen molar-refractivity contribution in [2.45, 2.75) is 13.8 Å². The third-order valence-electron chi connectivity index (χ3n) is 3.28. The van der Waals surface area contributed by atoms with Gasteiger partial charge in [0.05, 0.1) is 0 Å². The molecule has 0 saturated carbocycles. The Labute approximate surface area is 118 Å². The molecule has 1 aromatic heterocycles. The van der Waals surface area contributed by atoms with Crippen LogP contribution < -0.4 is 5.32 Å². The maximum atomic E-state index is 12.0. The van der Waals surface area contributed by atoms with Crippen molar-refractivity contribution in [3.05, 3.63) is 70.6 Å². The summed E-state index contributed by atoms with van der Waals surface area (Å²) in [6, 6.07) is 10.1. The number of hydrogen-bond acceptors (Lipinski definition) is 1. The second-order valence-corrected chi connectivity index (χ2v) is 5.11. The standard InChI is InChI=1S/C17H16N2O/c1-11-6-12(2)8-13(7-11)16-10-14(17(20)19-16)9-15-4-3-5-18-15/h3-10,18H,1-2H3,(H,19,20). The first-order valence-corrected chi connectivity index (χ1v) is 6.58. The number of H-pyrrole nitrogens is 1. The second kappa shape index (κ2) is 4.85. The highest BCUT2D eigenvalue weighted by Gasteiger charge is 2.19. The summed E-state index contributed by atoms with van der Waals surface area (Å²) >= 11 is 0. The number of aryl methyl sites for hydroxylation is 2. The van der Waals surface area contributed by atoms with E-state index in [9.17, 15) is 4.79 Å². The first-order chi connectivity index (χ1) is 9.61. The summed E-state index contributed by atoms with van der Waals surface area (Å²) in [4.78, 5) is 15.1. The Balaban J connectivity index is 1.98. The van der Waals surface area contributed by atoms with Crippen LogP contribution >= 0.6 is 0 Å². The van der Waals surface area contributed by atoms with Gasteiger partial charge in [-0.1, -0.05) is 17.2 Å². The molecule has 3 heteroatoms. The maximum Gasteiger partial charge on any atom is 0.255 e. The molecular weight excluding hydrogens is 248 g/mol. The van der Waals surface area contributed by atoms with Crippen LogP contribution in [0.1, 0.15) is 22.4 Å². The summed E-state index contributed by atoms with van der Waals surface area (Å²) in [5, 5.41) is 2.93. The summed E-state index contributed by atoms with van der Waals surface area (Å²) in [5.41, 5.74) is 5.88. The molecule has 2 N–H and O–H groups in total. The normalized spacial score (nSPS) is 16.4. The lowest BCUT2D eigenvalue weighted by Crippen LogP contribution is -2.15. The number of aromatic amines is 1. The van der Waals surface area contributed by atoms with Crippen molar-refractivity contribution in [2.24, 2.45) is 0 Å². The minimum absolute atomic E-state index is 0.0613. The highest BCUT2D eigenvalue weighted by Crippen LogP contribution is 2.23. The molecule has 0 fully saturated rings. The van der Waals surface area contributed by atoms with Crippen molar-refractivity contribution >= 4 is 17.7 Å². The lowest BCUT2D eigenvalue weighted by atomic mass is 10.0. The molecule has 1 aliphatic rings. The molecule has 0 saturated heterocycles. The smallest absolute Gasteiger partial charge is 0.255 e. The zero-order chi connectivity index (χ0) is 14.1. The molecule has 0 spiro atoms. The average molecular weight is 264 g/mol. The Morgan fingerprint density at radius 3 is 2.50 bits per heavy atom. The van der Waals surface area contributed by atoms with E-state index in [0.29, 0.717) is 5.57 Å². The van der Waals surface area contributed by atoms with Gasteiger partial charge in [-0.05, 0) is 55.8 Å². The van der Waals surface area contributed by atoms with Gasteiger partial charge in [-0.3, -0.25) is 4.79 Å². The largest absolute Gasteiger partial charge is 0.362 e. The van der Waals surface area contributed by atoms with E-state index in [0.717, 1.165) is 17.0 Å². The summed E-state index contributed by atoms with van der Waals surface area (Å²) in [6.45, 7) is 4.12. The lowest BCUT2D eigenvalue weighted by Gasteiger charge is -2.05. The molecular formula is C17H16N2O. The van der Waals surface area contributed by atoms with Gasteiger partial charge < -0.3 is 10.3 Å². The van der Waals surface area contributed by atoms with Crippen LogP contribution in [0.2, 0.25) is 0 Å². The lowest BCUT2D eigenvalue weighted by molar-refractivity contribution is -0.115. The van der Waals surface area contributed by atoms with Crippen LogP contribution in [-0.4, -0.2) is 10.9 Å². The molecule has 3 nitrogen and oxygen atoms in total. The van der Waals surface area contributed by atoms with Crippen molar-refractivity contribution in [3.8, 4) is 0 Å². The van der Waals surface area contributed by atoms with Gasteiger partial charge in [0, 0.05) is 23.2 Å². The molecule has 0 radical (unpaired) electrons. The molecule has 2 heterocycles. The van der Waals surface area contributed by atoms with Gasteiger partial charge in [-0.2, -0.15) is 0 Å². The average Bonchev–Trinajstić information content (AvgIpc) is 3.00. The number of nitrogens with one attached hydrogen (secondary N) is 2. The second-order valence-electron chi connectivity index (χ2n) is 5.11. The van der Waals surface area contributed by atoms with E-state index in [1.807, 2.05) is 30.5 Å². The van der Waals surface area contributed by atoms with Crippen molar-refractivity contribution in [1.29, 1.82) is 0 Å². The van der Waals surface area contributed by atoms with Crippen molar-refractivity contribution in [3.63, 3.8) is 0 Å². The topological polar surface area (TPSA) is 44.9 Å².